The molecule has 1 saturated heterocycles. The third-order valence-electron chi connectivity index (χ3n) is 5.19. The molecule has 1 aliphatic heterocycles. The van der Waals surface area contributed by atoms with Crippen LogP contribution in [-0.4, -0.2) is 19.6 Å². The molecule has 1 saturated carbocycles. The molecule has 0 radical (unpaired) electrons. The van der Waals surface area contributed by atoms with Gasteiger partial charge < -0.3 is 10.2 Å². The first-order chi connectivity index (χ1) is 9.79. The van der Waals surface area contributed by atoms with Gasteiger partial charge in [0, 0.05) is 24.8 Å². The van der Waals surface area contributed by atoms with Crippen LogP contribution in [0.15, 0.2) is 18.2 Å². The molecule has 20 heavy (non-hydrogen) atoms. The third-order valence-corrected chi connectivity index (χ3v) is 5.19. The highest BCUT2D eigenvalue weighted by molar-refractivity contribution is 5.55. The van der Waals surface area contributed by atoms with Crippen molar-refractivity contribution < 1.29 is 0 Å². The van der Waals surface area contributed by atoms with E-state index in [0.717, 1.165) is 18.5 Å². The monoisotopic (exact) mass is 272 g/mol. The Morgan fingerprint density at radius 1 is 1.15 bits per heavy atom. The topological polar surface area (TPSA) is 15.3 Å². The zero-order valence-electron chi connectivity index (χ0n) is 13.0. The predicted octanol–water partition coefficient (Wildman–Crippen LogP) is 3.87. The van der Waals surface area contributed by atoms with E-state index < -0.39 is 0 Å². The number of fused-ring (bicyclic) bond motifs is 1. The minimum Gasteiger partial charge on any atom is -0.368 e. The summed E-state index contributed by atoms with van der Waals surface area (Å²) in [4.78, 5) is 2.73. The smallest absolute Gasteiger partial charge is 0.0398 e. The van der Waals surface area contributed by atoms with Gasteiger partial charge in [0.2, 0.25) is 0 Å². The van der Waals surface area contributed by atoms with Crippen molar-refractivity contribution in [2.45, 2.75) is 58.0 Å². The average Bonchev–Trinajstić information content (AvgIpc) is 2.47. The Balaban J connectivity index is 1.83. The standard InChI is InChI=1S/C18H28N2/c1-14-12-15(13-19-2)9-10-17(14)20-11-5-7-16-6-3-4-8-18(16)20/h9-10,12,16,18-19H,3-8,11,13H2,1-2H3. The second-order valence-corrected chi connectivity index (χ2v) is 6.60. The molecule has 2 fully saturated rings. The summed E-state index contributed by atoms with van der Waals surface area (Å²) in [5.74, 6) is 0.953. The molecule has 1 N–H and O–H groups in total. The molecule has 0 amide bonds. The molecule has 1 aliphatic carbocycles. The van der Waals surface area contributed by atoms with Crippen LogP contribution in [0.3, 0.4) is 0 Å². The maximum Gasteiger partial charge on any atom is 0.0398 e. The minimum absolute atomic E-state index is 0.811. The van der Waals surface area contributed by atoms with Gasteiger partial charge in [-0.25, -0.2) is 0 Å². The molecule has 2 atom stereocenters. The summed E-state index contributed by atoms with van der Waals surface area (Å²) in [6, 6.07) is 7.83. The third kappa shape index (κ3) is 2.71. The summed E-state index contributed by atoms with van der Waals surface area (Å²) in [6.45, 7) is 4.50. The quantitative estimate of drug-likeness (QED) is 0.898. The molecule has 3 rings (SSSR count). The number of piperidine rings is 1. The van der Waals surface area contributed by atoms with Gasteiger partial charge in [0.1, 0.15) is 0 Å². The summed E-state index contributed by atoms with van der Waals surface area (Å²) < 4.78 is 0. The van der Waals surface area contributed by atoms with E-state index in [1.54, 1.807) is 0 Å². The highest BCUT2D eigenvalue weighted by Gasteiger charge is 2.33. The summed E-state index contributed by atoms with van der Waals surface area (Å²) >= 11 is 0. The van der Waals surface area contributed by atoms with Gasteiger partial charge in [0.15, 0.2) is 0 Å². The molecule has 0 spiro atoms. The summed E-state index contributed by atoms with van der Waals surface area (Å²) in [7, 11) is 2.01. The Bertz CT molecular complexity index is 453. The fourth-order valence-corrected chi connectivity index (χ4v) is 4.28. The van der Waals surface area contributed by atoms with E-state index in [1.807, 2.05) is 7.05 Å². The van der Waals surface area contributed by atoms with Crippen molar-refractivity contribution in [2.75, 3.05) is 18.5 Å². The lowest BCUT2D eigenvalue weighted by Crippen LogP contribution is -2.47. The van der Waals surface area contributed by atoms with Crippen LogP contribution in [0.5, 0.6) is 0 Å². The lowest BCUT2D eigenvalue weighted by molar-refractivity contribution is 0.243. The van der Waals surface area contributed by atoms with Crippen LogP contribution < -0.4 is 10.2 Å². The Hall–Kier alpha value is -1.02. The van der Waals surface area contributed by atoms with E-state index >= 15 is 0 Å². The SMILES string of the molecule is CNCc1ccc(N2CCCC3CCCCC32)c(C)c1. The van der Waals surface area contributed by atoms with Gasteiger partial charge in [-0.05, 0) is 62.8 Å². The lowest BCUT2D eigenvalue weighted by atomic mass is 9.78. The molecule has 0 aromatic heterocycles. The molecule has 2 aliphatic rings. The Labute approximate surface area is 123 Å². The highest BCUT2D eigenvalue weighted by Crippen LogP contribution is 2.38. The second kappa shape index (κ2) is 6.17. The van der Waals surface area contributed by atoms with Gasteiger partial charge in [-0.1, -0.05) is 25.0 Å². The molecule has 1 aromatic carbocycles. The zero-order valence-corrected chi connectivity index (χ0v) is 13.0. The first-order valence-electron chi connectivity index (χ1n) is 8.30. The molecule has 1 heterocycles. The first kappa shape index (κ1) is 13.9. The normalized spacial score (nSPS) is 26.4. The molecule has 110 valence electrons. The van der Waals surface area contributed by atoms with Crippen LogP contribution in [0, 0.1) is 12.8 Å². The Kier molecular flexibility index (Phi) is 4.30. The van der Waals surface area contributed by atoms with Crippen molar-refractivity contribution in [3.8, 4) is 0 Å². The van der Waals surface area contributed by atoms with Crippen molar-refractivity contribution in [1.82, 2.24) is 5.32 Å². The second-order valence-electron chi connectivity index (χ2n) is 6.60. The fourth-order valence-electron chi connectivity index (χ4n) is 4.28. The number of rotatable bonds is 3. The van der Waals surface area contributed by atoms with Gasteiger partial charge >= 0.3 is 0 Å². The van der Waals surface area contributed by atoms with Crippen molar-refractivity contribution >= 4 is 5.69 Å². The van der Waals surface area contributed by atoms with E-state index in [9.17, 15) is 0 Å². The maximum absolute atomic E-state index is 3.24. The molecule has 1 aromatic rings. The van der Waals surface area contributed by atoms with Gasteiger partial charge in [-0.2, -0.15) is 0 Å². The largest absolute Gasteiger partial charge is 0.368 e. The van der Waals surface area contributed by atoms with Crippen LogP contribution in [0.25, 0.3) is 0 Å². The van der Waals surface area contributed by atoms with Crippen molar-refractivity contribution in [2.24, 2.45) is 5.92 Å². The van der Waals surface area contributed by atoms with E-state index in [4.69, 9.17) is 0 Å². The van der Waals surface area contributed by atoms with Gasteiger partial charge in [-0.3, -0.25) is 0 Å². The molecule has 2 nitrogen and oxygen atoms in total. The summed E-state index contributed by atoms with van der Waals surface area (Å²) in [5, 5.41) is 3.24. The van der Waals surface area contributed by atoms with Crippen molar-refractivity contribution in [1.29, 1.82) is 0 Å². The Morgan fingerprint density at radius 3 is 2.75 bits per heavy atom. The summed E-state index contributed by atoms with van der Waals surface area (Å²) in [5.41, 5.74) is 4.33. The van der Waals surface area contributed by atoms with Crippen LogP contribution in [-0.2, 0) is 6.54 Å². The highest BCUT2D eigenvalue weighted by atomic mass is 15.2. The number of nitrogens with zero attached hydrogens (tertiary/aromatic N) is 1. The number of benzene rings is 1. The first-order valence-corrected chi connectivity index (χ1v) is 8.30. The molecule has 0 bridgehead atoms. The van der Waals surface area contributed by atoms with E-state index in [0.29, 0.717) is 0 Å². The molecule has 2 heteroatoms. The molecular formula is C18H28N2. The fraction of sp³-hybridized carbons (Fsp3) is 0.667. The number of anilines is 1. The molecule has 2 unspecified atom stereocenters. The summed E-state index contributed by atoms with van der Waals surface area (Å²) in [6.07, 6.45) is 8.57. The van der Waals surface area contributed by atoms with Crippen LogP contribution >= 0.6 is 0 Å². The minimum atomic E-state index is 0.811. The van der Waals surface area contributed by atoms with Crippen LogP contribution in [0.2, 0.25) is 0 Å². The van der Waals surface area contributed by atoms with Gasteiger partial charge in [0.25, 0.3) is 0 Å². The maximum atomic E-state index is 3.24. The van der Waals surface area contributed by atoms with E-state index in [-0.39, 0.29) is 0 Å². The lowest BCUT2D eigenvalue weighted by Gasteiger charge is -2.46. The number of hydrogen-bond acceptors (Lipinski definition) is 2. The predicted molar refractivity (Wildman–Crippen MR) is 86.3 cm³/mol. The van der Waals surface area contributed by atoms with E-state index in [2.05, 4.69) is 35.3 Å². The van der Waals surface area contributed by atoms with Gasteiger partial charge in [0.05, 0.1) is 0 Å². The van der Waals surface area contributed by atoms with Crippen molar-refractivity contribution in [3.05, 3.63) is 29.3 Å². The Morgan fingerprint density at radius 2 is 1.95 bits per heavy atom. The van der Waals surface area contributed by atoms with Crippen LogP contribution in [0.4, 0.5) is 5.69 Å². The zero-order chi connectivity index (χ0) is 13.9. The average molecular weight is 272 g/mol. The van der Waals surface area contributed by atoms with E-state index in [1.165, 1.54) is 61.9 Å². The molecular weight excluding hydrogens is 244 g/mol. The van der Waals surface area contributed by atoms with Gasteiger partial charge in [-0.15, -0.1) is 0 Å². The van der Waals surface area contributed by atoms with Crippen LogP contribution in [0.1, 0.15) is 49.7 Å². The van der Waals surface area contributed by atoms with Crippen molar-refractivity contribution in [3.63, 3.8) is 0 Å². The number of hydrogen-bond donors (Lipinski definition) is 1. The number of nitrogens with one attached hydrogen (secondary N) is 1. The number of aryl methyl sites for hydroxylation is 1.